The van der Waals surface area contributed by atoms with Gasteiger partial charge in [-0.15, -0.1) is 0 Å². The van der Waals surface area contributed by atoms with Crippen LogP contribution < -0.4 is 16.2 Å². The molecule has 5 nitrogen and oxygen atoms in total. The molecule has 3 N–H and O–H groups in total. The highest BCUT2D eigenvalue weighted by Gasteiger charge is 2.24. The summed E-state index contributed by atoms with van der Waals surface area (Å²) in [4.78, 5) is 10.6. The molecule has 0 amide bonds. The fourth-order valence-electron chi connectivity index (χ4n) is 1.45. The number of aromatic nitrogens is 2. The molecule has 0 aromatic carbocycles. The third-order valence-corrected chi connectivity index (χ3v) is 3.29. The summed E-state index contributed by atoms with van der Waals surface area (Å²) in [5.41, 5.74) is 3.61. The van der Waals surface area contributed by atoms with E-state index >= 15 is 0 Å². The molecule has 1 heterocycles. The summed E-state index contributed by atoms with van der Waals surface area (Å²) in [5.74, 6) is 6.98. The Kier molecular flexibility index (Phi) is 3.70. The second-order valence-corrected chi connectivity index (χ2v) is 4.54. The van der Waals surface area contributed by atoms with Gasteiger partial charge in [0.1, 0.15) is 18.0 Å². The summed E-state index contributed by atoms with van der Waals surface area (Å²) in [7, 11) is 2.04. The Bertz CT molecular complexity index is 361. The zero-order chi connectivity index (χ0) is 12.3. The first-order chi connectivity index (χ1) is 7.44. The van der Waals surface area contributed by atoms with Crippen LogP contribution in [0.25, 0.3) is 0 Å². The van der Waals surface area contributed by atoms with Crippen LogP contribution in [0.4, 0.5) is 11.6 Å². The van der Waals surface area contributed by atoms with Gasteiger partial charge in [0.05, 0.1) is 0 Å². The van der Waals surface area contributed by atoms with E-state index in [0.717, 1.165) is 17.8 Å². The molecule has 0 saturated carbocycles. The van der Waals surface area contributed by atoms with Gasteiger partial charge in [-0.3, -0.25) is 0 Å². The number of nitrogens with two attached hydrogens (primary N) is 1. The molecule has 1 rings (SSSR count). The predicted molar refractivity (Wildman–Crippen MR) is 67.4 cm³/mol. The molecule has 1 aromatic rings. The molecule has 0 aliphatic rings. The maximum absolute atomic E-state index is 5.40. The molecule has 5 heteroatoms. The predicted octanol–water partition coefficient (Wildman–Crippen LogP) is 1.70. The smallest absolute Gasteiger partial charge is 0.148 e. The average Bonchev–Trinajstić information content (AvgIpc) is 2.28. The van der Waals surface area contributed by atoms with Crippen molar-refractivity contribution in [2.75, 3.05) is 17.4 Å². The lowest BCUT2D eigenvalue weighted by Crippen LogP contribution is -2.41. The van der Waals surface area contributed by atoms with Crippen LogP contribution in [-0.2, 0) is 0 Å². The minimum absolute atomic E-state index is 0.0605. The van der Waals surface area contributed by atoms with E-state index in [4.69, 9.17) is 5.84 Å². The van der Waals surface area contributed by atoms with Crippen LogP contribution >= 0.6 is 0 Å². The fraction of sp³-hybridized carbons (Fsp3) is 0.636. The Morgan fingerprint density at radius 1 is 1.44 bits per heavy atom. The molecule has 1 aromatic heterocycles. The van der Waals surface area contributed by atoms with Gasteiger partial charge in [-0.05, 0) is 27.2 Å². The van der Waals surface area contributed by atoms with Crippen molar-refractivity contribution in [2.24, 2.45) is 5.84 Å². The summed E-state index contributed by atoms with van der Waals surface area (Å²) < 4.78 is 0. The van der Waals surface area contributed by atoms with Gasteiger partial charge in [-0.1, -0.05) is 6.92 Å². The van der Waals surface area contributed by atoms with Gasteiger partial charge in [0.25, 0.3) is 0 Å². The topological polar surface area (TPSA) is 67.1 Å². The Morgan fingerprint density at radius 3 is 2.56 bits per heavy atom. The third kappa shape index (κ3) is 2.24. The lowest BCUT2D eigenvalue weighted by molar-refractivity contribution is 0.466. The molecule has 0 aliphatic heterocycles. The molecule has 16 heavy (non-hydrogen) atoms. The number of hydrazine groups is 1. The van der Waals surface area contributed by atoms with Crippen LogP contribution in [0.15, 0.2) is 6.33 Å². The van der Waals surface area contributed by atoms with E-state index < -0.39 is 0 Å². The van der Waals surface area contributed by atoms with Gasteiger partial charge >= 0.3 is 0 Å². The first kappa shape index (κ1) is 12.7. The maximum Gasteiger partial charge on any atom is 0.148 e. The molecular formula is C11H21N5. The number of anilines is 2. The van der Waals surface area contributed by atoms with Crippen molar-refractivity contribution < 1.29 is 0 Å². The van der Waals surface area contributed by atoms with Gasteiger partial charge in [-0.25, -0.2) is 15.8 Å². The van der Waals surface area contributed by atoms with Crippen molar-refractivity contribution >= 4 is 11.6 Å². The van der Waals surface area contributed by atoms with E-state index in [2.05, 4.69) is 41.1 Å². The largest absolute Gasteiger partial charge is 0.354 e. The number of nitrogen functional groups attached to an aromatic ring is 1. The number of nitrogens with zero attached hydrogens (tertiary/aromatic N) is 3. The molecule has 0 radical (unpaired) electrons. The van der Waals surface area contributed by atoms with Gasteiger partial charge in [-0.2, -0.15) is 0 Å². The van der Waals surface area contributed by atoms with Crippen molar-refractivity contribution in [2.45, 2.75) is 39.7 Å². The fourth-order valence-corrected chi connectivity index (χ4v) is 1.45. The Hall–Kier alpha value is -1.36. The van der Waals surface area contributed by atoms with E-state index in [0.29, 0.717) is 5.82 Å². The molecule has 0 aliphatic carbocycles. The maximum atomic E-state index is 5.40. The number of nitrogens with one attached hydrogen (secondary N) is 1. The molecule has 0 spiro atoms. The first-order valence-corrected chi connectivity index (χ1v) is 5.46. The van der Waals surface area contributed by atoms with Gasteiger partial charge in [0.2, 0.25) is 0 Å². The zero-order valence-corrected chi connectivity index (χ0v) is 10.7. The second-order valence-electron chi connectivity index (χ2n) is 4.54. The average molecular weight is 223 g/mol. The van der Waals surface area contributed by atoms with Crippen molar-refractivity contribution in [3.63, 3.8) is 0 Å². The number of rotatable bonds is 4. The monoisotopic (exact) mass is 223 g/mol. The lowest BCUT2D eigenvalue weighted by Gasteiger charge is -2.36. The van der Waals surface area contributed by atoms with Crippen LogP contribution in [0.3, 0.4) is 0 Å². The molecule has 0 unspecified atom stereocenters. The molecule has 0 saturated heterocycles. The van der Waals surface area contributed by atoms with Gasteiger partial charge in [0, 0.05) is 18.2 Å². The van der Waals surface area contributed by atoms with E-state index in [1.54, 1.807) is 0 Å². The summed E-state index contributed by atoms with van der Waals surface area (Å²) in [5, 5.41) is 0. The Labute approximate surface area is 97.0 Å². The summed E-state index contributed by atoms with van der Waals surface area (Å²) in [6, 6.07) is 0. The van der Waals surface area contributed by atoms with Crippen LogP contribution in [-0.4, -0.2) is 22.6 Å². The minimum Gasteiger partial charge on any atom is -0.354 e. The lowest BCUT2D eigenvalue weighted by atomic mass is 9.99. The van der Waals surface area contributed by atoms with Crippen molar-refractivity contribution in [3.05, 3.63) is 11.9 Å². The normalized spacial score (nSPS) is 11.4. The standard InChI is InChI=1S/C11H21N5/c1-6-11(3,4)16(5)10-8(2)9(15-12)13-7-14-10/h7H,6,12H2,1-5H3,(H,13,14,15). The van der Waals surface area contributed by atoms with Gasteiger partial charge < -0.3 is 10.3 Å². The van der Waals surface area contributed by atoms with Crippen LogP contribution in [0.1, 0.15) is 32.8 Å². The number of hydrogen-bond donors (Lipinski definition) is 2. The number of hydrogen-bond acceptors (Lipinski definition) is 5. The summed E-state index contributed by atoms with van der Waals surface area (Å²) in [6.45, 7) is 8.50. The zero-order valence-electron chi connectivity index (χ0n) is 10.7. The van der Waals surface area contributed by atoms with Crippen LogP contribution in [0.2, 0.25) is 0 Å². The van der Waals surface area contributed by atoms with Crippen molar-refractivity contribution in [1.82, 2.24) is 9.97 Å². The van der Waals surface area contributed by atoms with E-state index in [9.17, 15) is 0 Å². The van der Waals surface area contributed by atoms with E-state index in [-0.39, 0.29) is 5.54 Å². The highest BCUT2D eigenvalue weighted by molar-refractivity contribution is 5.58. The minimum atomic E-state index is 0.0605. The third-order valence-electron chi connectivity index (χ3n) is 3.29. The first-order valence-electron chi connectivity index (χ1n) is 5.46. The molecular weight excluding hydrogens is 202 g/mol. The van der Waals surface area contributed by atoms with E-state index in [1.165, 1.54) is 6.33 Å². The Balaban J connectivity index is 3.14. The van der Waals surface area contributed by atoms with Crippen molar-refractivity contribution in [1.29, 1.82) is 0 Å². The Morgan fingerprint density at radius 2 is 2.06 bits per heavy atom. The summed E-state index contributed by atoms with van der Waals surface area (Å²) >= 11 is 0. The van der Waals surface area contributed by atoms with Gasteiger partial charge in [0.15, 0.2) is 0 Å². The molecule has 0 fully saturated rings. The van der Waals surface area contributed by atoms with Crippen molar-refractivity contribution in [3.8, 4) is 0 Å². The highest BCUT2D eigenvalue weighted by atomic mass is 15.3. The van der Waals surface area contributed by atoms with Crippen LogP contribution in [0.5, 0.6) is 0 Å². The van der Waals surface area contributed by atoms with E-state index in [1.807, 2.05) is 14.0 Å². The summed E-state index contributed by atoms with van der Waals surface area (Å²) in [6.07, 6.45) is 2.57. The second kappa shape index (κ2) is 4.65. The SMILES string of the molecule is CCC(C)(C)N(C)c1ncnc(NN)c1C. The quantitative estimate of drug-likeness (QED) is 0.600. The molecule has 0 atom stereocenters. The van der Waals surface area contributed by atoms with Crippen LogP contribution in [0, 0.1) is 6.92 Å². The highest BCUT2D eigenvalue weighted by Crippen LogP contribution is 2.27. The molecule has 90 valence electrons. The molecule has 0 bridgehead atoms.